The first-order chi connectivity index (χ1) is 9.14. The zero-order valence-corrected chi connectivity index (χ0v) is 13.4. The van der Waals surface area contributed by atoms with Gasteiger partial charge in [-0.05, 0) is 0 Å². The molecule has 0 spiro atoms. The van der Waals surface area contributed by atoms with E-state index in [2.05, 4.69) is 8.27 Å². The molecule has 126 valence electrons. The quantitative estimate of drug-likeness (QED) is 0.135. The summed E-state index contributed by atoms with van der Waals surface area (Å²) in [5.74, 6) is -1.21. The molecular formula is C10H14F6INO3. The van der Waals surface area contributed by atoms with Gasteiger partial charge >= 0.3 is 123 Å². The molecule has 1 aliphatic heterocycles. The molecule has 1 fully saturated rings. The van der Waals surface area contributed by atoms with E-state index < -0.39 is 56.0 Å². The SMILES string of the molecule is CI1NC1C(C)(C)C(=O)OCC(O)(C(F)(F)F)C(F)(F)F. The third kappa shape index (κ3) is 3.55. The number of alkyl halides is 8. The standard InChI is InChI=1S/C10H14F6INO3/c1-7(2,5-17(3)18-5)6(19)21-4-8(20,9(11,12)13)10(14,15)16/h5,18,20H,4H2,1-3H3. The zero-order chi connectivity index (χ0) is 16.9. The van der Waals surface area contributed by atoms with Crippen LogP contribution in [0.2, 0.25) is 0 Å². The van der Waals surface area contributed by atoms with Gasteiger partial charge in [-0.3, -0.25) is 0 Å². The molecule has 1 atom stereocenters. The minimum atomic E-state index is -6.00. The predicted octanol–water partition coefficient (Wildman–Crippen LogP) is 2.39. The maximum absolute atomic E-state index is 12.4. The van der Waals surface area contributed by atoms with Crippen molar-refractivity contribution in [1.82, 2.24) is 3.53 Å². The van der Waals surface area contributed by atoms with Gasteiger partial charge < -0.3 is 0 Å². The van der Waals surface area contributed by atoms with E-state index in [1.54, 1.807) is 0 Å². The summed E-state index contributed by atoms with van der Waals surface area (Å²) >= 11 is -1.54. The Labute approximate surface area is 123 Å². The Morgan fingerprint density at radius 3 is 1.86 bits per heavy atom. The summed E-state index contributed by atoms with van der Waals surface area (Å²) in [4.78, 5) is 13.6. The minimum absolute atomic E-state index is 0.251. The summed E-state index contributed by atoms with van der Waals surface area (Å²) in [6.45, 7) is 0.523. The first kappa shape index (κ1) is 18.7. The third-order valence-corrected chi connectivity index (χ3v) is 7.73. The van der Waals surface area contributed by atoms with Crippen LogP contribution >= 0.6 is 20.1 Å². The fourth-order valence-corrected chi connectivity index (χ4v) is 7.13. The van der Waals surface area contributed by atoms with Crippen molar-refractivity contribution in [2.45, 2.75) is 35.8 Å². The zero-order valence-electron chi connectivity index (χ0n) is 11.2. The molecule has 0 bridgehead atoms. The first-order valence-corrected chi connectivity index (χ1v) is 10.0. The summed E-state index contributed by atoms with van der Waals surface area (Å²) in [5.41, 5.74) is -6.31. The second kappa shape index (κ2) is 5.41. The number of rotatable bonds is 4. The van der Waals surface area contributed by atoms with Crippen molar-refractivity contribution in [3.8, 4) is 0 Å². The first-order valence-electron chi connectivity index (χ1n) is 5.52. The van der Waals surface area contributed by atoms with Gasteiger partial charge in [0.15, 0.2) is 0 Å². The van der Waals surface area contributed by atoms with E-state index in [1.165, 1.54) is 13.8 Å². The van der Waals surface area contributed by atoms with Gasteiger partial charge in [-0.25, -0.2) is 0 Å². The van der Waals surface area contributed by atoms with Crippen LogP contribution in [0.4, 0.5) is 26.3 Å². The monoisotopic (exact) mass is 437 g/mol. The van der Waals surface area contributed by atoms with Crippen molar-refractivity contribution in [3.63, 3.8) is 0 Å². The Kier molecular flexibility index (Phi) is 4.83. The molecule has 0 aromatic heterocycles. The molecule has 0 aromatic carbocycles. The van der Waals surface area contributed by atoms with E-state index in [0.29, 0.717) is 0 Å². The van der Waals surface area contributed by atoms with Gasteiger partial charge in [0.1, 0.15) is 0 Å². The molecule has 1 saturated heterocycles. The number of ether oxygens (including phenoxy) is 1. The molecule has 1 aliphatic rings. The van der Waals surface area contributed by atoms with E-state index in [4.69, 9.17) is 5.11 Å². The van der Waals surface area contributed by atoms with Gasteiger partial charge in [-0.2, -0.15) is 0 Å². The van der Waals surface area contributed by atoms with Gasteiger partial charge in [-0.1, -0.05) is 0 Å². The number of hydrogen-bond acceptors (Lipinski definition) is 4. The fraction of sp³-hybridized carbons (Fsp3) is 0.900. The molecule has 0 radical (unpaired) electrons. The molecular weight excluding hydrogens is 423 g/mol. The van der Waals surface area contributed by atoms with Crippen LogP contribution in [0.3, 0.4) is 0 Å². The van der Waals surface area contributed by atoms with Crippen molar-refractivity contribution in [1.29, 1.82) is 0 Å². The van der Waals surface area contributed by atoms with Crippen LogP contribution in [0.25, 0.3) is 0 Å². The molecule has 21 heavy (non-hydrogen) atoms. The van der Waals surface area contributed by atoms with Crippen LogP contribution in [0.1, 0.15) is 13.8 Å². The molecule has 1 unspecified atom stereocenters. The van der Waals surface area contributed by atoms with E-state index in [9.17, 15) is 31.1 Å². The van der Waals surface area contributed by atoms with Gasteiger partial charge in [0.25, 0.3) is 0 Å². The van der Waals surface area contributed by atoms with Gasteiger partial charge in [0, 0.05) is 0 Å². The maximum atomic E-state index is 12.4. The van der Waals surface area contributed by atoms with Crippen molar-refractivity contribution < 1.29 is 41.0 Å². The summed E-state index contributed by atoms with van der Waals surface area (Å²) < 4.78 is 81.3. The predicted molar refractivity (Wildman–Crippen MR) is 68.7 cm³/mol. The number of esters is 1. The van der Waals surface area contributed by atoms with Crippen LogP contribution in [0.5, 0.6) is 0 Å². The Morgan fingerprint density at radius 2 is 1.57 bits per heavy atom. The summed E-state index contributed by atoms with van der Waals surface area (Å²) in [6, 6.07) is 0. The average Bonchev–Trinajstić information content (AvgIpc) is 3.00. The number of hydrogen-bond donors (Lipinski definition) is 2. The topological polar surface area (TPSA) is 68.5 Å². The second-order valence-corrected chi connectivity index (χ2v) is 9.96. The van der Waals surface area contributed by atoms with E-state index in [1.807, 2.05) is 4.93 Å². The number of nitrogens with one attached hydrogen (secondary N) is 1. The third-order valence-electron chi connectivity index (χ3n) is 3.06. The van der Waals surface area contributed by atoms with Gasteiger partial charge in [-0.15, -0.1) is 0 Å². The van der Waals surface area contributed by atoms with Crippen LogP contribution in [-0.4, -0.2) is 44.6 Å². The van der Waals surface area contributed by atoms with Crippen molar-refractivity contribution in [3.05, 3.63) is 0 Å². The Hall–Kier alpha value is -0.300. The summed E-state index contributed by atoms with van der Waals surface area (Å²) in [7, 11) is 0. The molecule has 0 amide bonds. The molecule has 0 aromatic rings. The van der Waals surface area contributed by atoms with E-state index in [0.717, 1.165) is 0 Å². The number of carbonyl (C=O) groups excluding carboxylic acids is 1. The Bertz CT molecular complexity index is 408. The number of carbonyl (C=O) groups is 1. The number of halogens is 7. The average molecular weight is 437 g/mol. The van der Waals surface area contributed by atoms with Crippen molar-refractivity contribution >= 4 is 26.1 Å². The molecule has 0 saturated carbocycles. The molecule has 2 N–H and O–H groups in total. The second-order valence-electron chi connectivity index (χ2n) is 5.14. The normalized spacial score (nSPS) is 22.2. The van der Waals surface area contributed by atoms with E-state index >= 15 is 0 Å². The Morgan fingerprint density at radius 1 is 1.19 bits per heavy atom. The molecule has 1 heterocycles. The Balaban J connectivity index is 2.82. The summed E-state index contributed by atoms with van der Waals surface area (Å²) in [5, 5.41) is 8.87. The van der Waals surface area contributed by atoms with Crippen LogP contribution in [-0.2, 0) is 9.53 Å². The number of aliphatic hydroxyl groups is 1. The summed E-state index contributed by atoms with van der Waals surface area (Å²) in [6.07, 6.45) is -12.0. The molecule has 4 nitrogen and oxygen atoms in total. The van der Waals surface area contributed by atoms with Gasteiger partial charge in [0.05, 0.1) is 0 Å². The molecule has 11 heteroatoms. The van der Waals surface area contributed by atoms with Crippen LogP contribution in [0, 0.1) is 5.41 Å². The van der Waals surface area contributed by atoms with Crippen LogP contribution < -0.4 is 3.53 Å². The molecule has 1 rings (SSSR count). The van der Waals surface area contributed by atoms with Crippen molar-refractivity contribution in [2.75, 3.05) is 11.5 Å². The van der Waals surface area contributed by atoms with Crippen LogP contribution in [0.15, 0.2) is 0 Å². The molecule has 0 aliphatic carbocycles. The van der Waals surface area contributed by atoms with Gasteiger partial charge in [0.2, 0.25) is 0 Å². The van der Waals surface area contributed by atoms with Crippen molar-refractivity contribution in [2.24, 2.45) is 5.41 Å². The van der Waals surface area contributed by atoms with E-state index in [-0.39, 0.29) is 4.05 Å². The fourth-order valence-electron chi connectivity index (χ4n) is 1.46.